The summed E-state index contributed by atoms with van der Waals surface area (Å²) in [4.78, 5) is 5.82. The lowest BCUT2D eigenvalue weighted by Crippen LogP contribution is -3.13. The summed E-state index contributed by atoms with van der Waals surface area (Å²) in [5.41, 5.74) is 4.27. The number of nitrogens with one attached hydrogen (secondary N) is 1. The lowest BCUT2D eigenvalue weighted by molar-refractivity contribution is -0.914. The average Bonchev–Trinajstić information content (AvgIpc) is 2.86. The highest BCUT2D eigenvalue weighted by Gasteiger charge is 2.21. The second-order valence-corrected chi connectivity index (χ2v) is 6.73. The number of hydrogen-bond acceptors (Lipinski definition) is 2. The second kappa shape index (κ2) is 5.98. The van der Waals surface area contributed by atoms with E-state index in [4.69, 9.17) is 0 Å². The van der Waals surface area contributed by atoms with Crippen LogP contribution in [0.5, 0.6) is 0 Å². The minimum Gasteiger partial charge on any atom is -0.360 e. The Bertz CT molecular complexity index is 568. The van der Waals surface area contributed by atoms with E-state index in [-0.39, 0.29) is 0 Å². The van der Waals surface area contributed by atoms with Gasteiger partial charge >= 0.3 is 0 Å². The molecule has 0 unspecified atom stereocenters. The molecule has 20 heavy (non-hydrogen) atoms. The monoisotopic (exact) mass is 287 g/mol. The molecular weight excluding hydrogens is 264 g/mol. The molecular formula is C17H23N2S+. The van der Waals surface area contributed by atoms with Gasteiger partial charge in [0.25, 0.3) is 0 Å². The molecule has 0 saturated carbocycles. The minimum atomic E-state index is 1.17. The van der Waals surface area contributed by atoms with Gasteiger partial charge in [-0.25, -0.2) is 0 Å². The van der Waals surface area contributed by atoms with Crippen LogP contribution in [0, 0.1) is 13.8 Å². The van der Waals surface area contributed by atoms with Crippen molar-refractivity contribution in [2.24, 2.45) is 0 Å². The molecule has 1 N–H and O–H groups in total. The molecule has 3 rings (SSSR count). The van der Waals surface area contributed by atoms with Crippen LogP contribution in [0.1, 0.15) is 16.0 Å². The van der Waals surface area contributed by atoms with Crippen molar-refractivity contribution in [1.82, 2.24) is 0 Å². The number of rotatable bonds is 3. The summed E-state index contributed by atoms with van der Waals surface area (Å²) in [6.45, 7) is 10.5. The highest BCUT2D eigenvalue weighted by molar-refractivity contribution is 7.10. The van der Waals surface area contributed by atoms with Crippen LogP contribution in [-0.4, -0.2) is 26.2 Å². The van der Waals surface area contributed by atoms with Crippen LogP contribution in [0.25, 0.3) is 0 Å². The van der Waals surface area contributed by atoms with E-state index in [0.29, 0.717) is 0 Å². The van der Waals surface area contributed by atoms with Gasteiger partial charge in [0.05, 0.1) is 31.1 Å². The largest absolute Gasteiger partial charge is 0.360 e. The summed E-state index contributed by atoms with van der Waals surface area (Å²) in [6.07, 6.45) is 0. The van der Waals surface area contributed by atoms with Crippen molar-refractivity contribution in [3.05, 3.63) is 51.7 Å². The predicted molar refractivity (Wildman–Crippen MR) is 86.8 cm³/mol. The quantitative estimate of drug-likeness (QED) is 0.910. The number of anilines is 1. The molecule has 2 heterocycles. The van der Waals surface area contributed by atoms with E-state index in [1.165, 1.54) is 49.5 Å². The molecule has 0 radical (unpaired) electrons. The molecule has 2 nitrogen and oxygen atoms in total. The van der Waals surface area contributed by atoms with Gasteiger partial charge in [-0.05, 0) is 42.5 Å². The first kappa shape index (κ1) is 13.7. The van der Waals surface area contributed by atoms with E-state index < -0.39 is 0 Å². The Kier molecular flexibility index (Phi) is 4.08. The molecule has 1 aliphatic rings. The molecule has 1 fully saturated rings. The smallest absolute Gasteiger partial charge is 0.112 e. The van der Waals surface area contributed by atoms with Gasteiger partial charge in [-0.3, -0.25) is 0 Å². The van der Waals surface area contributed by atoms with E-state index in [2.05, 4.69) is 54.5 Å². The number of hydrogen-bond donors (Lipinski definition) is 1. The number of aryl methyl sites for hydroxylation is 2. The van der Waals surface area contributed by atoms with Crippen LogP contribution in [0.2, 0.25) is 0 Å². The fourth-order valence-electron chi connectivity index (χ4n) is 2.97. The zero-order chi connectivity index (χ0) is 13.9. The van der Waals surface area contributed by atoms with E-state index in [1.54, 1.807) is 9.78 Å². The highest BCUT2D eigenvalue weighted by atomic mass is 32.1. The fourth-order valence-corrected chi connectivity index (χ4v) is 3.95. The van der Waals surface area contributed by atoms with Gasteiger partial charge in [0.1, 0.15) is 6.54 Å². The maximum Gasteiger partial charge on any atom is 0.112 e. The van der Waals surface area contributed by atoms with Crippen LogP contribution in [0.15, 0.2) is 35.7 Å². The van der Waals surface area contributed by atoms with Crippen LogP contribution in [0.4, 0.5) is 5.69 Å². The maximum atomic E-state index is 2.54. The maximum absolute atomic E-state index is 2.54. The van der Waals surface area contributed by atoms with Crippen LogP contribution >= 0.6 is 11.3 Å². The number of benzene rings is 1. The summed E-state index contributed by atoms with van der Waals surface area (Å²) in [7, 11) is 0. The van der Waals surface area contributed by atoms with Crippen LogP contribution in [-0.2, 0) is 6.54 Å². The Labute approximate surface area is 125 Å². The number of para-hydroxylation sites is 1. The van der Waals surface area contributed by atoms with Crippen LogP contribution in [0.3, 0.4) is 0 Å². The summed E-state index contributed by atoms with van der Waals surface area (Å²) in [6, 6.07) is 11.0. The van der Waals surface area contributed by atoms with Crippen molar-refractivity contribution in [2.45, 2.75) is 20.4 Å². The SMILES string of the molecule is Cc1ccccc1N1CC[NH+](Cc2sccc2C)CC1. The van der Waals surface area contributed by atoms with E-state index >= 15 is 0 Å². The number of piperazine rings is 1. The first-order valence-electron chi connectivity index (χ1n) is 7.41. The standard InChI is InChI=1S/C17H22N2S/c1-14-5-3-4-6-16(14)19-10-8-18(9-11-19)13-17-15(2)7-12-20-17/h3-7,12H,8-11,13H2,1-2H3/p+1. The van der Waals surface area contributed by atoms with Crippen molar-refractivity contribution in [1.29, 1.82) is 0 Å². The lowest BCUT2D eigenvalue weighted by Gasteiger charge is -2.34. The Morgan fingerprint density at radius 2 is 1.80 bits per heavy atom. The highest BCUT2D eigenvalue weighted by Crippen LogP contribution is 2.19. The number of thiophene rings is 1. The molecule has 3 heteroatoms. The topological polar surface area (TPSA) is 7.68 Å². The number of nitrogens with zero attached hydrogens (tertiary/aromatic N) is 1. The molecule has 0 bridgehead atoms. The van der Waals surface area contributed by atoms with E-state index in [9.17, 15) is 0 Å². The van der Waals surface area contributed by atoms with Crippen molar-refractivity contribution < 1.29 is 4.90 Å². The normalized spacial score (nSPS) is 16.6. The summed E-state index contributed by atoms with van der Waals surface area (Å²) in [5, 5.41) is 2.22. The van der Waals surface area contributed by atoms with Crippen molar-refractivity contribution in [3.63, 3.8) is 0 Å². The third-order valence-corrected chi connectivity index (χ3v) is 5.33. The fraction of sp³-hybridized carbons (Fsp3) is 0.412. The molecule has 1 aromatic heterocycles. The molecule has 1 saturated heterocycles. The van der Waals surface area contributed by atoms with Gasteiger partial charge in [0.15, 0.2) is 0 Å². The molecule has 106 valence electrons. The van der Waals surface area contributed by atoms with Gasteiger partial charge in [0.2, 0.25) is 0 Å². The molecule has 0 aliphatic carbocycles. The molecule has 2 aromatic rings. The summed E-state index contributed by atoms with van der Waals surface area (Å²) in [5.74, 6) is 0. The average molecular weight is 287 g/mol. The zero-order valence-corrected chi connectivity index (χ0v) is 13.2. The Hall–Kier alpha value is -1.32. The first-order valence-corrected chi connectivity index (χ1v) is 8.29. The van der Waals surface area contributed by atoms with Crippen LogP contribution < -0.4 is 9.80 Å². The third-order valence-electron chi connectivity index (χ3n) is 4.31. The van der Waals surface area contributed by atoms with Gasteiger partial charge in [-0.1, -0.05) is 18.2 Å². The molecule has 1 aliphatic heterocycles. The molecule has 0 spiro atoms. The minimum absolute atomic E-state index is 1.17. The van der Waals surface area contributed by atoms with Gasteiger partial charge < -0.3 is 9.80 Å². The van der Waals surface area contributed by atoms with Gasteiger partial charge in [-0.2, -0.15) is 0 Å². The third kappa shape index (κ3) is 2.89. The zero-order valence-electron chi connectivity index (χ0n) is 12.4. The Morgan fingerprint density at radius 1 is 1.05 bits per heavy atom. The molecule has 0 amide bonds. The van der Waals surface area contributed by atoms with Gasteiger partial charge in [0, 0.05) is 5.69 Å². The van der Waals surface area contributed by atoms with E-state index in [0.717, 1.165) is 0 Å². The second-order valence-electron chi connectivity index (χ2n) is 5.73. The number of quaternary nitrogens is 1. The molecule has 1 aromatic carbocycles. The van der Waals surface area contributed by atoms with Crippen molar-refractivity contribution >= 4 is 17.0 Å². The summed E-state index contributed by atoms with van der Waals surface area (Å²) < 4.78 is 0. The Balaban J connectivity index is 1.60. The lowest BCUT2D eigenvalue weighted by atomic mass is 10.1. The van der Waals surface area contributed by atoms with Crippen molar-refractivity contribution in [2.75, 3.05) is 31.1 Å². The predicted octanol–water partition coefficient (Wildman–Crippen LogP) is 2.27. The van der Waals surface area contributed by atoms with Gasteiger partial charge in [-0.15, -0.1) is 11.3 Å². The summed E-state index contributed by atoms with van der Waals surface area (Å²) >= 11 is 1.91. The Morgan fingerprint density at radius 3 is 2.45 bits per heavy atom. The van der Waals surface area contributed by atoms with Crippen molar-refractivity contribution in [3.8, 4) is 0 Å². The first-order chi connectivity index (χ1) is 9.74. The van der Waals surface area contributed by atoms with E-state index in [1.807, 2.05) is 11.3 Å². The molecule has 0 atom stereocenters.